The number of benzene rings is 1. The van der Waals surface area contributed by atoms with Gasteiger partial charge in [0.2, 0.25) is 0 Å². The second kappa shape index (κ2) is 7.71. The van der Waals surface area contributed by atoms with Crippen LogP contribution in [0.5, 0.6) is 5.75 Å². The second-order valence-electron chi connectivity index (χ2n) is 4.09. The van der Waals surface area contributed by atoms with Gasteiger partial charge in [-0.05, 0) is 18.1 Å². The third-order valence-corrected chi connectivity index (χ3v) is 2.86. The smallest absolute Gasteiger partial charge is 0.257 e. The Morgan fingerprint density at radius 1 is 1.24 bits per heavy atom. The standard InChI is InChI=1S/C14H21NO2/c1-3-12(4-2)10-15-14(16)11-17-13-8-6-5-7-9-13/h5-9,12H,3-4,10-11H2,1-2H3,(H,15,16). The summed E-state index contributed by atoms with van der Waals surface area (Å²) in [6.07, 6.45) is 2.19. The molecule has 1 rings (SSSR count). The van der Waals surface area contributed by atoms with Gasteiger partial charge in [0.15, 0.2) is 6.61 Å². The van der Waals surface area contributed by atoms with E-state index in [4.69, 9.17) is 4.74 Å². The highest BCUT2D eigenvalue weighted by Gasteiger charge is 2.06. The lowest BCUT2D eigenvalue weighted by Gasteiger charge is -2.13. The van der Waals surface area contributed by atoms with Crippen LogP contribution in [0.15, 0.2) is 30.3 Å². The van der Waals surface area contributed by atoms with E-state index >= 15 is 0 Å². The number of carbonyl (C=O) groups is 1. The van der Waals surface area contributed by atoms with Crippen LogP contribution in [0, 0.1) is 5.92 Å². The Morgan fingerprint density at radius 2 is 1.88 bits per heavy atom. The van der Waals surface area contributed by atoms with Crippen LogP contribution in [-0.4, -0.2) is 19.1 Å². The molecule has 0 spiro atoms. The monoisotopic (exact) mass is 235 g/mol. The summed E-state index contributed by atoms with van der Waals surface area (Å²) in [4.78, 5) is 11.5. The van der Waals surface area contributed by atoms with Gasteiger partial charge in [0.05, 0.1) is 0 Å². The van der Waals surface area contributed by atoms with Gasteiger partial charge in [0.25, 0.3) is 5.91 Å². The van der Waals surface area contributed by atoms with Gasteiger partial charge >= 0.3 is 0 Å². The minimum absolute atomic E-state index is 0.0549. The summed E-state index contributed by atoms with van der Waals surface area (Å²) >= 11 is 0. The van der Waals surface area contributed by atoms with Gasteiger partial charge in [-0.3, -0.25) is 4.79 Å². The summed E-state index contributed by atoms with van der Waals surface area (Å²) in [5.74, 6) is 1.24. The summed E-state index contributed by atoms with van der Waals surface area (Å²) in [7, 11) is 0. The number of hydrogen-bond acceptors (Lipinski definition) is 2. The van der Waals surface area contributed by atoms with Crippen molar-refractivity contribution in [2.45, 2.75) is 26.7 Å². The van der Waals surface area contributed by atoms with Crippen LogP contribution in [0.1, 0.15) is 26.7 Å². The molecule has 0 heterocycles. The van der Waals surface area contributed by atoms with Gasteiger partial charge in [-0.15, -0.1) is 0 Å². The van der Waals surface area contributed by atoms with Crippen molar-refractivity contribution >= 4 is 5.91 Å². The van der Waals surface area contributed by atoms with Gasteiger partial charge in [-0.2, -0.15) is 0 Å². The minimum atomic E-state index is -0.0549. The first-order valence-corrected chi connectivity index (χ1v) is 6.20. The predicted molar refractivity (Wildman–Crippen MR) is 69.0 cm³/mol. The van der Waals surface area contributed by atoms with Crippen molar-refractivity contribution in [3.05, 3.63) is 30.3 Å². The molecule has 1 N–H and O–H groups in total. The van der Waals surface area contributed by atoms with E-state index < -0.39 is 0 Å². The Kier molecular flexibility index (Phi) is 6.15. The Balaban J connectivity index is 2.22. The molecule has 0 saturated carbocycles. The molecular formula is C14H21NO2. The lowest BCUT2D eigenvalue weighted by atomic mass is 10.0. The molecule has 0 saturated heterocycles. The van der Waals surface area contributed by atoms with Crippen LogP contribution in [-0.2, 0) is 4.79 Å². The van der Waals surface area contributed by atoms with Crippen molar-refractivity contribution in [2.75, 3.05) is 13.2 Å². The molecular weight excluding hydrogens is 214 g/mol. The molecule has 0 aliphatic heterocycles. The van der Waals surface area contributed by atoms with Gasteiger partial charge in [-0.1, -0.05) is 44.9 Å². The first-order chi connectivity index (χ1) is 8.26. The highest BCUT2D eigenvalue weighted by atomic mass is 16.5. The average Bonchev–Trinajstić information content (AvgIpc) is 2.39. The molecule has 0 unspecified atom stereocenters. The Morgan fingerprint density at radius 3 is 2.47 bits per heavy atom. The fourth-order valence-corrected chi connectivity index (χ4v) is 1.55. The summed E-state index contributed by atoms with van der Waals surface area (Å²) in [6, 6.07) is 9.37. The van der Waals surface area contributed by atoms with Crippen molar-refractivity contribution in [1.82, 2.24) is 5.32 Å². The van der Waals surface area contributed by atoms with E-state index in [1.807, 2.05) is 30.3 Å². The zero-order valence-electron chi connectivity index (χ0n) is 10.6. The molecule has 0 aliphatic carbocycles. The maximum Gasteiger partial charge on any atom is 0.257 e. The average molecular weight is 235 g/mol. The number of amides is 1. The number of hydrogen-bond donors (Lipinski definition) is 1. The molecule has 0 aliphatic rings. The zero-order chi connectivity index (χ0) is 12.5. The van der Waals surface area contributed by atoms with Crippen LogP contribution in [0.2, 0.25) is 0 Å². The lowest BCUT2D eigenvalue weighted by Crippen LogP contribution is -2.32. The van der Waals surface area contributed by atoms with E-state index in [1.165, 1.54) is 0 Å². The first kappa shape index (κ1) is 13.6. The second-order valence-corrected chi connectivity index (χ2v) is 4.09. The Labute approximate surface area is 103 Å². The van der Waals surface area contributed by atoms with Crippen LogP contribution in [0.25, 0.3) is 0 Å². The molecule has 1 aromatic rings. The number of nitrogens with one attached hydrogen (secondary N) is 1. The molecule has 0 bridgehead atoms. The van der Waals surface area contributed by atoms with E-state index in [9.17, 15) is 4.79 Å². The summed E-state index contributed by atoms with van der Waals surface area (Å²) in [5, 5.41) is 2.89. The van der Waals surface area contributed by atoms with Gasteiger partial charge in [-0.25, -0.2) is 0 Å². The van der Waals surface area contributed by atoms with Crippen LogP contribution in [0.4, 0.5) is 0 Å². The Bertz CT molecular complexity index is 320. The predicted octanol–water partition coefficient (Wildman–Crippen LogP) is 2.62. The van der Waals surface area contributed by atoms with Crippen molar-refractivity contribution in [1.29, 1.82) is 0 Å². The molecule has 0 fully saturated rings. The zero-order valence-corrected chi connectivity index (χ0v) is 10.6. The third-order valence-electron chi connectivity index (χ3n) is 2.86. The summed E-state index contributed by atoms with van der Waals surface area (Å²) < 4.78 is 5.36. The number of para-hydroxylation sites is 1. The molecule has 1 aromatic carbocycles. The summed E-state index contributed by atoms with van der Waals surface area (Å²) in [5.41, 5.74) is 0. The van der Waals surface area contributed by atoms with Gasteiger partial charge in [0.1, 0.15) is 5.75 Å². The van der Waals surface area contributed by atoms with E-state index in [1.54, 1.807) is 0 Å². The fraction of sp³-hybridized carbons (Fsp3) is 0.500. The van der Waals surface area contributed by atoms with E-state index in [-0.39, 0.29) is 12.5 Å². The molecule has 94 valence electrons. The molecule has 17 heavy (non-hydrogen) atoms. The SMILES string of the molecule is CCC(CC)CNC(=O)COc1ccccc1. The Hall–Kier alpha value is -1.51. The topological polar surface area (TPSA) is 38.3 Å². The normalized spacial score (nSPS) is 10.3. The van der Waals surface area contributed by atoms with E-state index in [0.29, 0.717) is 5.92 Å². The van der Waals surface area contributed by atoms with Crippen molar-refractivity contribution in [3.8, 4) is 5.75 Å². The highest BCUT2D eigenvalue weighted by Crippen LogP contribution is 2.08. The summed E-state index contributed by atoms with van der Waals surface area (Å²) in [6.45, 7) is 5.11. The number of rotatable bonds is 7. The quantitative estimate of drug-likeness (QED) is 0.789. The molecule has 0 radical (unpaired) electrons. The number of ether oxygens (including phenoxy) is 1. The van der Waals surface area contributed by atoms with Crippen LogP contribution < -0.4 is 10.1 Å². The molecule has 1 amide bonds. The van der Waals surface area contributed by atoms with Crippen LogP contribution in [0.3, 0.4) is 0 Å². The molecule has 3 nitrogen and oxygen atoms in total. The first-order valence-electron chi connectivity index (χ1n) is 6.20. The van der Waals surface area contributed by atoms with Gasteiger partial charge in [0, 0.05) is 6.54 Å². The van der Waals surface area contributed by atoms with Crippen molar-refractivity contribution in [2.24, 2.45) is 5.92 Å². The lowest BCUT2D eigenvalue weighted by molar-refractivity contribution is -0.123. The van der Waals surface area contributed by atoms with Crippen molar-refractivity contribution in [3.63, 3.8) is 0 Å². The van der Waals surface area contributed by atoms with Crippen molar-refractivity contribution < 1.29 is 9.53 Å². The van der Waals surface area contributed by atoms with Crippen LogP contribution >= 0.6 is 0 Å². The molecule has 0 aromatic heterocycles. The fourth-order valence-electron chi connectivity index (χ4n) is 1.55. The number of carbonyl (C=O) groups excluding carboxylic acids is 1. The van der Waals surface area contributed by atoms with E-state index in [0.717, 1.165) is 25.1 Å². The third kappa shape index (κ3) is 5.38. The molecule has 3 heteroatoms. The largest absolute Gasteiger partial charge is 0.484 e. The minimum Gasteiger partial charge on any atom is -0.484 e. The van der Waals surface area contributed by atoms with Gasteiger partial charge < -0.3 is 10.1 Å². The highest BCUT2D eigenvalue weighted by molar-refractivity contribution is 5.77. The maximum absolute atomic E-state index is 11.5. The van der Waals surface area contributed by atoms with E-state index in [2.05, 4.69) is 19.2 Å². The molecule has 0 atom stereocenters. The maximum atomic E-state index is 11.5.